The van der Waals surface area contributed by atoms with Crippen LogP contribution in [-0.2, 0) is 9.47 Å². The number of ether oxygens (including phenoxy) is 2. The fourth-order valence-corrected chi connectivity index (χ4v) is 6.31. The summed E-state index contributed by atoms with van der Waals surface area (Å²) in [5.74, 6) is -1.14. The molecule has 19 heavy (non-hydrogen) atoms. The number of fused-ring (bicyclic) bond motifs is 5. The van der Waals surface area contributed by atoms with Crippen LogP contribution in [0, 0.1) is 11.8 Å². The van der Waals surface area contributed by atoms with E-state index >= 15 is 0 Å². The molecule has 0 radical (unpaired) electrons. The summed E-state index contributed by atoms with van der Waals surface area (Å²) in [5.41, 5.74) is 0. The molecule has 0 aromatic heterocycles. The van der Waals surface area contributed by atoms with Crippen molar-refractivity contribution in [3.05, 3.63) is 22.2 Å². The highest BCUT2D eigenvalue weighted by Gasteiger charge is 2.84. The highest BCUT2D eigenvalue weighted by Crippen LogP contribution is 2.75. The Morgan fingerprint density at radius 1 is 0.947 bits per heavy atom. The minimum absolute atomic E-state index is 0.0477. The van der Waals surface area contributed by atoms with Gasteiger partial charge in [-0.1, -0.05) is 35.4 Å². The number of allylic oxidation sites excluding steroid dienone is 2. The smallest absolute Gasteiger partial charge is 0.217 e. The van der Waals surface area contributed by atoms with Crippen LogP contribution in [0.5, 0.6) is 0 Å². The van der Waals surface area contributed by atoms with Gasteiger partial charge < -0.3 is 9.47 Å². The van der Waals surface area contributed by atoms with E-state index in [9.17, 15) is 0 Å². The van der Waals surface area contributed by atoms with Gasteiger partial charge in [-0.05, 0) is 24.7 Å². The normalized spacial score (nSPS) is 46.8. The molecule has 0 aromatic carbocycles. The predicted octanol–water partition coefficient (Wildman–Crippen LogP) is 4.23. The van der Waals surface area contributed by atoms with Crippen LogP contribution in [0.3, 0.4) is 0 Å². The van der Waals surface area contributed by atoms with E-state index in [0.717, 1.165) is 12.8 Å². The van der Waals surface area contributed by atoms with Crippen LogP contribution in [0.25, 0.3) is 0 Å². The molecule has 6 heteroatoms. The lowest BCUT2D eigenvalue weighted by atomic mass is 9.75. The zero-order valence-electron chi connectivity index (χ0n) is 10.6. The topological polar surface area (TPSA) is 18.5 Å². The molecule has 2 unspecified atom stereocenters. The van der Waals surface area contributed by atoms with Gasteiger partial charge in [0.25, 0.3) is 0 Å². The van der Waals surface area contributed by atoms with Crippen LogP contribution in [0.1, 0.15) is 12.8 Å². The highest BCUT2D eigenvalue weighted by atomic mass is 35.5. The molecule has 106 valence electrons. The number of rotatable bonds is 2. The van der Waals surface area contributed by atoms with Crippen LogP contribution in [0.2, 0.25) is 0 Å². The maximum Gasteiger partial charge on any atom is 0.217 e. The lowest BCUT2D eigenvalue weighted by molar-refractivity contribution is -0.220. The van der Waals surface area contributed by atoms with Gasteiger partial charge in [-0.3, -0.25) is 0 Å². The van der Waals surface area contributed by atoms with E-state index in [0.29, 0.717) is 10.1 Å². The Balaban J connectivity index is 2.29. The molecule has 0 aromatic rings. The minimum Gasteiger partial charge on any atom is -0.350 e. The van der Waals surface area contributed by atoms with Crippen molar-refractivity contribution >= 4 is 46.4 Å². The summed E-state index contributed by atoms with van der Waals surface area (Å²) in [7, 11) is 3.06. The van der Waals surface area contributed by atoms with Gasteiger partial charge in [0.2, 0.25) is 5.79 Å². The van der Waals surface area contributed by atoms with Crippen LogP contribution in [0.4, 0.5) is 0 Å². The standard InChI is InChI=1S/C13H14Cl4O2/c1-18-13(19-2)11(16)7-5-3-4-6-8(7)12(13,17)10(15)9(11)14/h3-4,7-8H,5-6H2,1-2H3/t7-,8+,11?,12?. The average Bonchev–Trinajstić information content (AvgIpc) is 2.69. The zero-order valence-corrected chi connectivity index (χ0v) is 13.6. The van der Waals surface area contributed by atoms with Crippen LogP contribution in [0.15, 0.2) is 22.2 Å². The number of halogens is 4. The third-order valence-electron chi connectivity index (χ3n) is 4.82. The van der Waals surface area contributed by atoms with E-state index < -0.39 is 15.5 Å². The van der Waals surface area contributed by atoms with E-state index in [1.807, 2.05) is 0 Å². The Morgan fingerprint density at radius 2 is 1.32 bits per heavy atom. The zero-order chi connectivity index (χ0) is 14.1. The van der Waals surface area contributed by atoms with Gasteiger partial charge in [0, 0.05) is 14.2 Å². The lowest BCUT2D eigenvalue weighted by Crippen LogP contribution is -2.57. The van der Waals surface area contributed by atoms with Crippen molar-refractivity contribution < 1.29 is 9.47 Å². The molecule has 0 N–H and O–H groups in total. The van der Waals surface area contributed by atoms with Crippen LogP contribution in [-0.4, -0.2) is 29.8 Å². The summed E-state index contributed by atoms with van der Waals surface area (Å²) in [6, 6.07) is 0. The van der Waals surface area contributed by atoms with Crippen molar-refractivity contribution in [2.75, 3.05) is 14.2 Å². The third kappa shape index (κ3) is 1.26. The summed E-state index contributed by atoms with van der Waals surface area (Å²) >= 11 is 26.6. The number of hydrogen-bond acceptors (Lipinski definition) is 2. The van der Waals surface area contributed by atoms with Crippen molar-refractivity contribution in [1.29, 1.82) is 0 Å². The van der Waals surface area contributed by atoms with Gasteiger partial charge in [0.15, 0.2) is 0 Å². The van der Waals surface area contributed by atoms with E-state index in [1.165, 1.54) is 14.2 Å². The first-order chi connectivity index (χ1) is 8.91. The first-order valence-electron chi connectivity index (χ1n) is 6.11. The summed E-state index contributed by atoms with van der Waals surface area (Å²) < 4.78 is 11.3. The molecular formula is C13H14Cl4O2. The predicted molar refractivity (Wildman–Crippen MR) is 78.0 cm³/mol. The molecular weight excluding hydrogens is 330 g/mol. The Labute approximate surface area is 132 Å². The molecule has 4 atom stereocenters. The lowest BCUT2D eigenvalue weighted by Gasteiger charge is -2.41. The van der Waals surface area contributed by atoms with Crippen molar-refractivity contribution in [1.82, 2.24) is 0 Å². The van der Waals surface area contributed by atoms with E-state index in [-0.39, 0.29) is 11.8 Å². The summed E-state index contributed by atoms with van der Waals surface area (Å²) in [6.07, 6.45) is 5.77. The largest absolute Gasteiger partial charge is 0.350 e. The van der Waals surface area contributed by atoms with Gasteiger partial charge in [-0.2, -0.15) is 0 Å². The third-order valence-corrected chi connectivity index (χ3v) is 7.52. The van der Waals surface area contributed by atoms with Gasteiger partial charge in [0.05, 0.1) is 10.1 Å². The molecule has 0 saturated heterocycles. The molecule has 3 aliphatic rings. The number of methoxy groups -OCH3 is 2. The second-order valence-corrected chi connectivity index (χ2v) is 7.18. The second-order valence-electron chi connectivity index (χ2n) is 5.23. The Bertz CT molecular complexity index is 447. The Morgan fingerprint density at radius 3 is 1.63 bits per heavy atom. The summed E-state index contributed by atoms with van der Waals surface area (Å²) in [4.78, 5) is -2.07. The molecule has 1 saturated carbocycles. The Hall–Kier alpha value is 0.560. The van der Waals surface area contributed by atoms with E-state index in [1.54, 1.807) is 0 Å². The average molecular weight is 344 g/mol. The second kappa shape index (κ2) is 4.28. The van der Waals surface area contributed by atoms with Gasteiger partial charge in [0.1, 0.15) is 9.75 Å². The quantitative estimate of drug-likeness (QED) is 0.424. The SMILES string of the molecule is COC1(OC)C2(Cl)C(Cl)=C(Cl)C1(Cl)[C@H]1CC=CC[C@H]12. The fraction of sp³-hybridized carbons (Fsp3) is 0.692. The maximum absolute atomic E-state index is 6.89. The van der Waals surface area contributed by atoms with Crippen molar-refractivity contribution in [2.24, 2.45) is 11.8 Å². The maximum atomic E-state index is 6.89. The van der Waals surface area contributed by atoms with Crippen molar-refractivity contribution in [3.8, 4) is 0 Å². The first kappa shape index (κ1) is 14.5. The molecule has 3 rings (SSSR count). The molecule has 3 aliphatic carbocycles. The van der Waals surface area contributed by atoms with E-state index in [4.69, 9.17) is 55.9 Å². The molecule has 2 bridgehead atoms. The highest BCUT2D eigenvalue weighted by molar-refractivity contribution is 6.52. The van der Waals surface area contributed by atoms with Crippen molar-refractivity contribution in [3.63, 3.8) is 0 Å². The van der Waals surface area contributed by atoms with Gasteiger partial charge in [-0.25, -0.2) is 0 Å². The molecule has 0 spiro atoms. The molecule has 0 heterocycles. The Kier molecular flexibility index (Phi) is 3.27. The van der Waals surface area contributed by atoms with E-state index in [2.05, 4.69) is 12.2 Å². The monoisotopic (exact) mass is 342 g/mol. The molecule has 0 aliphatic heterocycles. The van der Waals surface area contributed by atoms with Crippen molar-refractivity contribution in [2.45, 2.75) is 28.4 Å². The molecule has 0 amide bonds. The number of alkyl halides is 2. The summed E-state index contributed by atoms with van der Waals surface area (Å²) in [6.45, 7) is 0. The molecule has 2 nitrogen and oxygen atoms in total. The minimum atomic E-state index is -1.24. The van der Waals surface area contributed by atoms with Gasteiger partial charge in [-0.15, -0.1) is 23.2 Å². The molecule has 1 fully saturated rings. The van der Waals surface area contributed by atoms with Crippen LogP contribution < -0.4 is 0 Å². The van der Waals surface area contributed by atoms with Crippen LogP contribution >= 0.6 is 46.4 Å². The van der Waals surface area contributed by atoms with Gasteiger partial charge >= 0.3 is 0 Å². The fourth-order valence-electron chi connectivity index (χ4n) is 4.06. The number of hydrogen-bond donors (Lipinski definition) is 0. The summed E-state index contributed by atoms with van der Waals surface area (Å²) in [5, 5.41) is 0.706. The first-order valence-corrected chi connectivity index (χ1v) is 7.62.